The summed E-state index contributed by atoms with van der Waals surface area (Å²) in [5.41, 5.74) is 1.01. The van der Waals surface area contributed by atoms with Gasteiger partial charge in [-0.3, -0.25) is 4.79 Å². The SMILES string of the molecule is CCN(CC)S(=O)(=O)c1ccc([C@@H](C)[NH2+]CC(=O)N[C@H]2CCCC[C@@H]2C)cc1. The van der Waals surface area contributed by atoms with Gasteiger partial charge in [0.1, 0.15) is 6.04 Å². The molecular weight excluding hydrogens is 374 g/mol. The number of hydrogen-bond donors (Lipinski definition) is 2. The highest BCUT2D eigenvalue weighted by molar-refractivity contribution is 7.89. The van der Waals surface area contributed by atoms with Gasteiger partial charge in [-0.25, -0.2) is 8.42 Å². The van der Waals surface area contributed by atoms with Crippen molar-refractivity contribution in [2.75, 3.05) is 19.6 Å². The van der Waals surface area contributed by atoms with Crippen molar-refractivity contribution in [3.05, 3.63) is 29.8 Å². The van der Waals surface area contributed by atoms with Gasteiger partial charge in [0.05, 0.1) is 4.90 Å². The number of sulfonamides is 1. The van der Waals surface area contributed by atoms with E-state index in [2.05, 4.69) is 12.2 Å². The van der Waals surface area contributed by atoms with Crippen molar-refractivity contribution >= 4 is 15.9 Å². The summed E-state index contributed by atoms with van der Waals surface area (Å²) < 4.78 is 26.6. The Bertz CT molecular complexity index is 730. The van der Waals surface area contributed by atoms with E-state index in [9.17, 15) is 13.2 Å². The minimum Gasteiger partial charge on any atom is -0.348 e. The zero-order valence-corrected chi connectivity index (χ0v) is 18.5. The number of amides is 1. The third kappa shape index (κ3) is 5.78. The highest BCUT2D eigenvalue weighted by atomic mass is 32.2. The van der Waals surface area contributed by atoms with Gasteiger partial charge < -0.3 is 10.6 Å². The van der Waals surface area contributed by atoms with Crippen molar-refractivity contribution in [3.63, 3.8) is 0 Å². The molecule has 6 nitrogen and oxygen atoms in total. The van der Waals surface area contributed by atoms with Crippen LogP contribution in [0.15, 0.2) is 29.2 Å². The average molecular weight is 411 g/mol. The first-order valence-corrected chi connectivity index (χ1v) is 12.0. The zero-order chi connectivity index (χ0) is 20.7. The average Bonchev–Trinajstić information content (AvgIpc) is 2.68. The summed E-state index contributed by atoms with van der Waals surface area (Å²) in [5.74, 6) is 0.627. The smallest absolute Gasteiger partial charge is 0.275 e. The number of nitrogens with one attached hydrogen (secondary N) is 1. The Labute approximate surface area is 170 Å². The Morgan fingerprint density at radius 3 is 2.36 bits per heavy atom. The van der Waals surface area contributed by atoms with Gasteiger partial charge in [-0.15, -0.1) is 0 Å². The van der Waals surface area contributed by atoms with E-state index in [0.717, 1.165) is 12.0 Å². The lowest BCUT2D eigenvalue weighted by Gasteiger charge is -2.29. The first-order chi connectivity index (χ1) is 13.3. The van der Waals surface area contributed by atoms with E-state index in [1.807, 2.05) is 38.2 Å². The molecule has 1 aliphatic rings. The van der Waals surface area contributed by atoms with Gasteiger partial charge in [0, 0.05) is 24.7 Å². The molecule has 0 heterocycles. The quantitative estimate of drug-likeness (QED) is 0.653. The monoisotopic (exact) mass is 410 g/mol. The van der Waals surface area contributed by atoms with Crippen LogP contribution >= 0.6 is 0 Å². The fourth-order valence-electron chi connectivity index (χ4n) is 3.87. The Balaban J connectivity index is 1.90. The van der Waals surface area contributed by atoms with Gasteiger partial charge in [-0.1, -0.05) is 45.7 Å². The van der Waals surface area contributed by atoms with Crippen molar-refractivity contribution in [1.82, 2.24) is 9.62 Å². The second-order valence-electron chi connectivity index (χ2n) is 7.82. The van der Waals surface area contributed by atoms with Crippen LogP contribution in [-0.2, 0) is 14.8 Å². The van der Waals surface area contributed by atoms with Crippen molar-refractivity contribution < 1.29 is 18.5 Å². The van der Waals surface area contributed by atoms with Crippen LogP contribution in [0.2, 0.25) is 0 Å². The molecule has 0 aromatic heterocycles. The van der Waals surface area contributed by atoms with E-state index in [1.54, 1.807) is 12.1 Å². The number of carbonyl (C=O) groups excluding carboxylic acids is 1. The van der Waals surface area contributed by atoms with Gasteiger partial charge in [0.2, 0.25) is 10.0 Å². The Morgan fingerprint density at radius 1 is 1.18 bits per heavy atom. The number of rotatable bonds is 9. The Morgan fingerprint density at radius 2 is 1.79 bits per heavy atom. The number of nitrogens with two attached hydrogens (primary N) is 1. The lowest BCUT2D eigenvalue weighted by Crippen LogP contribution is -2.87. The van der Waals surface area contributed by atoms with Crippen molar-refractivity contribution in [3.8, 4) is 0 Å². The minimum atomic E-state index is -3.43. The molecule has 1 aromatic carbocycles. The number of quaternary nitrogens is 1. The summed E-state index contributed by atoms with van der Waals surface area (Å²) in [6, 6.07) is 7.40. The fraction of sp³-hybridized carbons (Fsp3) is 0.667. The van der Waals surface area contributed by atoms with Gasteiger partial charge in [-0.05, 0) is 37.8 Å². The molecular formula is C21H36N3O3S+. The topological polar surface area (TPSA) is 83.1 Å². The first kappa shape index (κ1) is 22.8. The number of benzene rings is 1. The summed E-state index contributed by atoms with van der Waals surface area (Å²) in [5, 5.41) is 5.17. The predicted octanol–water partition coefficient (Wildman–Crippen LogP) is 2.04. The summed E-state index contributed by atoms with van der Waals surface area (Å²) >= 11 is 0. The molecule has 1 aliphatic carbocycles. The molecule has 1 aromatic rings. The molecule has 0 saturated heterocycles. The molecule has 3 N–H and O–H groups in total. The maximum absolute atomic E-state index is 12.6. The number of hydrogen-bond acceptors (Lipinski definition) is 3. The molecule has 0 aliphatic heterocycles. The van der Waals surface area contributed by atoms with Gasteiger partial charge in [0.15, 0.2) is 6.54 Å². The second-order valence-corrected chi connectivity index (χ2v) is 9.76. The van der Waals surface area contributed by atoms with Crippen molar-refractivity contribution in [2.24, 2.45) is 5.92 Å². The first-order valence-electron chi connectivity index (χ1n) is 10.5. The van der Waals surface area contributed by atoms with Crippen LogP contribution in [0.25, 0.3) is 0 Å². The molecule has 0 radical (unpaired) electrons. The molecule has 3 atom stereocenters. The zero-order valence-electron chi connectivity index (χ0n) is 17.6. The standard InChI is InChI=1S/C21H35N3O3S/c1-5-24(6-2)28(26,27)19-13-11-18(12-14-19)17(4)22-15-21(25)23-20-10-8-7-9-16(20)3/h11-14,16-17,20,22H,5-10,15H2,1-4H3,(H,23,25)/p+1/t16-,17+,20-/m0/s1. The second kappa shape index (κ2) is 10.4. The molecule has 1 fully saturated rings. The van der Waals surface area contributed by atoms with Crippen LogP contribution in [0.5, 0.6) is 0 Å². The molecule has 1 saturated carbocycles. The fourth-order valence-corrected chi connectivity index (χ4v) is 5.33. The Hall–Kier alpha value is -1.44. The molecule has 28 heavy (non-hydrogen) atoms. The van der Waals surface area contributed by atoms with Gasteiger partial charge in [-0.2, -0.15) is 4.31 Å². The minimum absolute atomic E-state index is 0.0753. The van der Waals surface area contributed by atoms with E-state index in [1.165, 1.54) is 23.6 Å². The molecule has 0 spiro atoms. The molecule has 7 heteroatoms. The molecule has 0 unspecified atom stereocenters. The van der Waals surface area contributed by atoms with Gasteiger partial charge in [0.25, 0.3) is 5.91 Å². The highest BCUT2D eigenvalue weighted by Gasteiger charge is 2.24. The van der Waals surface area contributed by atoms with E-state index in [-0.39, 0.29) is 11.9 Å². The Kier molecular flexibility index (Phi) is 8.46. The lowest BCUT2D eigenvalue weighted by molar-refractivity contribution is -0.682. The normalized spacial score (nSPS) is 21.5. The maximum atomic E-state index is 12.6. The largest absolute Gasteiger partial charge is 0.348 e. The summed E-state index contributed by atoms with van der Waals surface area (Å²) in [6.07, 6.45) is 4.72. The van der Waals surface area contributed by atoms with Gasteiger partial charge >= 0.3 is 0 Å². The van der Waals surface area contributed by atoms with E-state index < -0.39 is 10.0 Å². The molecule has 1 amide bonds. The lowest BCUT2D eigenvalue weighted by atomic mass is 9.86. The highest BCUT2D eigenvalue weighted by Crippen LogP contribution is 2.23. The summed E-state index contributed by atoms with van der Waals surface area (Å²) in [7, 11) is -3.43. The van der Waals surface area contributed by atoms with Crippen molar-refractivity contribution in [1.29, 1.82) is 0 Å². The van der Waals surface area contributed by atoms with Crippen molar-refractivity contribution in [2.45, 2.75) is 70.4 Å². The van der Waals surface area contributed by atoms with E-state index >= 15 is 0 Å². The predicted molar refractivity (Wildman–Crippen MR) is 111 cm³/mol. The number of carbonyl (C=O) groups is 1. The number of nitrogens with zero attached hydrogens (tertiary/aromatic N) is 1. The van der Waals surface area contributed by atoms with Crippen LogP contribution in [-0.4, -0.2) is 44.3 Å². The van der Waals surface area contributed by atoms with Crippen LogP contribution in [0.3, 0.4) is 0 Å². The third-order valence-electron chi connectivity index (χ3n) is 5.86. The van der Waals surface area contributed by atoms with Crippen LogP contribution < -0.4 is 10.6 Å². The molecule has 158 valence electrons. The van der Waals surface area contributed by atoms with Crippen LogP contribution in [0.1, 0.15) is 65.0 Å². The van der Waals surface area contributed by atoms with Crippen LogP contribution in [0.4, 0.5) is 0 Å². The maximum Gasteiger partial charge on any atom is 0.275 e. The summed E-state index contributed by atoms with van der Waals surface area (Å²) in [4.78, 5) is 12.6. The third-order valence-corrected chi connectivity index (χ3v) is 7.93. The molecule has 0 bridgehead atoms. The molecule has 2 rings (SSSR count). The van der Waals surface area contributed by atoms with E-state index in [0.29, 0.717) is 36.5 Å². The summed E-state index contributed by atoms with van der Waals surface area (Å²) in [6.45, 7) is 9.22. The van der Waals surface area contributed by atoms with E-state index in [4.69, 9.17) is 0 Å². The van der Waals surface area contributed by atoms with Crippen LogP contribution in [0, 0.1) is 5.92 Å².